The van der Waals surface area contributed by atoms with Crippen molar-refractivity contribution in [1.82, 2.24) is 4.90 Å². The number of rotatable bonds is 5. The van der Waals surface area contributed by atoms with Gasteiger partial charge < -0.3 is 5.32 Å². The van der Waals surface area contributed by atoms with Crippen LogP contribution in [0.3, 0.4) is 0 Å². The largest absolute Gasteiger partial charge is 0.326 e. The van der Waals surface area contributed by atoms with E-state index in [-0.39, 0.29) is 17.5 Å². The maximum atomic E-state index is 13.1. The molecule has 5 heteroatoms. The first-order chi connectivity index (χ1) is 13.6. The van der Waals surface area contributed by atoms with E-state index in [4.69, 9.17) is 0 Å². The second-order valence-electron chi connectivity index (χ2n) is 7.38. The molecule has 0 fully saturated rings. The summed E-state index contributed by atoms with van der Waals surface area (Å²) in [5, 5.41) is 2.84. The van der Waals surface area contributed by atoms with Crippen LogP contribution in [-0.2, 0) is 11.2 Å². The van der Waals surface area contributed by atoms with Gasteiger partial charge in [-0.1, -0.05) is 18.2 Å². The maximum absolute atomic E-state index is 13.1. The lowest BCUT2D eigenvalue weighted by Gasteiger charge is -2.26. The highest BCUT2D eigenvalue weighted by atomic mass is 19.1. The molecule has 0 unspecified atom stereocenters. The topological polar surface area (TPSA) is 49.4 Å². The molecule has 0 saturated heterocycles. The van der Waals surface area contributed by atoms with E-state index in [9.17, 15) is 14.0 Å². The van der Waals surface area contributed by atoms with Gasteiger partial charge in [-0.2, -0.15) is 0 Å². The third-order valence-electron chi connectivity index (χ3n) is 5.49. The van der Waals surface area contributed by atoms with Gasteiger partial charge in [0, 0.05) is 43.7 Å². The molecule has 2 aromatic rings. The summed E-state index contributed by atoms with van der Waals surface area (Å²) in [5.74, 6) is -0.0531. The molecular weight excluding hydrogens is 355 g/mol. The third kappa shape index (κ3) is 4.20. The smallest absolute Gasteiger partial charge is 0.224 e. The van der Waals surface area contributed by atoms with Crippen LogP contribution >= 0.6 is 0 Å². The lowest BCUT2D eigenvalue weighted by Crippen LogP contribution is -2.30. The summed E-state index contributed by atoms with van der Waals surface area (Å²) >= 11 is 0. The average molecular weight is 378 g/mol. The molecule has 28 heavy (non-hydrogen) atoms. The summed E-state index contributed by atoms with van der Waals surface area (Å²) in [7, 11) is 0. The number of carbonyl (C=O) groups is 2. The van der Waals surface area contributed by atoms with E-state index in [1.54, 1.807) is 6.07 Å². The standard InChI is InChI=1S/C23H23FN2O2/c24-20-5-1-16(2-6-20)17-9-12-26(13-10-17)14-11-22(27)19-3-7-21-18(15-19)4-8-23(28)25-21/h1-3,5-7,9,15H,4,8,10-14H2,(H,25,28). The zero-order chi connectivity index (χ0) is 19.5. The van der Waals surface area contributed by atoms with E-state index in [1.165, 1.54) is 17.7 Å². The molecule has 2 aromatic carbocycles. The minimum absolute atomic E-state index is 0.0322. The molecule has 2 aliphatic heterocycles. The predicted octanol–water partition coefficient (Wildman–Crippen LogP) is 4.07. The van der Waals surface area contributed by atoms with Gasteiger partial charge in [-0.25, -0.2) is 4.39 Å². The van der Waals surface area contributed by atoms with Gasteiger partial charge >= 0.3 is 0 Å². The number of nitrogens with zero attached hydrogens (tertiary/aromatic N) is 1. The molecule has 0 aromatic heterocycles. The van der Waals surface area contributed by atoms with E-state index in [0.29, 0.717) is 19.3 Å². The molecule has 1 N–H and O–H groups in total. The Hall–Kier alpha value is -2.79. The van der Waals surface area contributed by atoms with Crippen LogP contribution in [0.2, 0.25) is 0 Å². The van der Waals surface area contributed by atoms with Crippen LogP contribution in [0.15, 0.2) is 48.5 Å². The number of anilines is 1. The number of ketones is 1. The first-order valence-electron chi connectivity index (χ1n) is 9.72. The summed E-state index contributed by atoms with van der Waals surface area (Å²) in [6.07, 6.45) is 4.71. The number of aryl methyl sites for hydroxylation is 1. The summed E-state index contributed by atoms with van der Waals surface area (Å²) < 4.78 is 13.1. The highest BCUT2D eigenvalue weighted by Gasteiger charge is 2.18. The van der Waals surface area contributed by atoms with Crippen molar-refractivity contribution in [3.63, 3.8) is 0 Å². The van der Waals surface area contributed by atoms with Crippen LogP contribution in [0, 0.1) is 5.82 Å². The monoisotopic (exact) mass is 378 g/mol. The second kappa shape index (κ2) is 8.07. The van der Waals surface area contributed by atoms with E-state index in [0.717, 1.165) is 48.4 Å². The Morgan fingerprint density at radius 3 is 2.64 bits per heavy atom. The fourth-order valence-electron chi connectivity index (χ4n) is 3.80. The Labute approximate surface area is 164 Å². The Bertz CT molecular complexity index is 934. The fourth-order valence-corrected chi connectivity index (χ4v) is 3.80. The number of nitrogens with one attached hydrogen (secondary N) is 1. The molecule has 0 bridgehead atoms. The first-order valence-corrected chi connectivity index (χ1v) is 9.72. The van der Waals surface area contributed by atoms with Gasteiger partial charge in [-0.15, -0.1) is 0 Å². The molecule has 0 saturated carbocycles. The zero-order valence-corrected chi connectivity index (χ0v) is 15.7. The second-order valence-corrected chi connectivity index (χ2v) is 7.38. The average Bonchev–Trinajstić information content (AvgIpc) is 2.72. The van der Waals surface area contributed by atoms with E-state index < -0.39 is 0 Å². The van der Waals surface area contributed by atoms with Crippen molar-refractivity contribution in [2.24, 2.45) is 0 Å². The predicted molar refractivity (Wildman–Crippen MR) is 108 cm³/mol. The Morgan fingerprint density at radius 2 is 1.89 bits per heavy atom. The van der Waals surface area contributed by atoms with Gasteiger partial charge in [0.25, 0.3) is 0 Å². The quantitative estimate of drug-likeness (QED) is 0.798. The number of carbonyl (C=O) groups excluding carboxylic acids is 2. The third-order valence-corrected chi connectivity index (χ3v) is 5.49. The summed E-state index contributed by atoms with van der Waals surface area (Å²) in [6.45, 7) is 2.42. The molecule has 0 atom stereocenters. The van der Waals surface area contributed by atoms with Crippen LogP contribution in [0.4, 0.5) is 10.1 Å². The number of amides is 1. The Kier molecular flexibility index (Phi) is 5.35. The van der Waals surface area contributed by atoms with Gasteiger partial charge in [-0.05, 0) is 59.9 Å². The molecule has 2 aliphatic rings. The number of benzene rings is 2. The Morgan fingerprint density at radius 1 is 1.07 bits per heavy atom. The normalized spacial score (nSPS) is 16.9. The molecule has 2 heterocycles. The minimum atomic E-state index is -0.218. The molecule has 4 nitrogen and oxygen atoms in total. The molecule has 1 amide bonds. The van der Waals surface area contributed by atoms with Gasteiger partial charge in [0.15, 0.2) is 5.78 Å². The van der Waals surface area contributed by atoms with E-state index in [2.05, 4.69) is 16.3 Å². The number of hydrogen-bond acceptors (Lipinski definition) is 3. The number of fused-ring (bicyclic) bond motifs is 1. The van der Waals surface area contributed by atoms with Crippen LogP contribution < -0.4 is 5.32 Å². The van der Waals surface area contributed by atoms with E-state index in [1.807, 2.05) is 24.3 Å². The lowest BCUT2D eigenvalue weighted by molar-refractivity contribution is -0.116. The molecule has 144 valence electrons. The first kappa shape index (κ1) is 18.6. The van der Waals surface area contributed by atoms with Crippen molar-refractivity contribution in [3.05, 3.63) is 71.0 Å². The van der Waals surface area contributed by atoms with Gasteiger partial charge in [0.05, 0.1) is 0 Å². The summed E-state index contributed by atoms with van der Waals surface area (Å²) in [4.78, 5) is 26.3. The van der Waals surface area contributed by atoms with Crippen molar-refractivity contribution in [1.29, 1.82) is 0 Å². The maximum Gasteiger partial charge on any atom is 0.224 e. The van der Waals surface area contributed by atoms with Crippen LogP contribution in [0.5, 0.6) is 0 Å². The molecule has 4 rings (SSSR count). The Balaban J connectivity index is 1.32. The summed E-state index contributed by atoms with van der Waals surface area (Å²) in [5.41, 5.74) is 4.88. The molecule has 0 aliphatic carbocycles. The molecule has 0 radical (unpaired) electrons. The summed E-state index contributed by atoms with van der Waals surface area (Å²) in [6, 6.07) is 12.2. The van der Waals surface area contributed by atoms with Gasteiger partial charge in [0.2, 0.25) is 5.91 Å². The van der Waals surface area contributed by atoms with Gasteiger partial charge in [-0.3, -0.25) is 14.5 Å². The van der Waals surface area contributed by atoms with Crippen molar-refractivity contribution >= 4 is 23.0 Å². The van der Waals surface area contributed by atoms with Crippen LogP contribution in [-0.4, -0.2) is 36.2 Å². The minimum Gasteiger partial charge on any atom is -0.326 e. The highest BCUT2D eigenvalue weighted by molar-refractivity contribution is 5.99. The number of hydrogen-bond donors (Lipinski definition) is 1. The van der Waals surface area contributed by atoms with Crippen LogP contribution in [0.1, 0.15) is 40.7 Å². The fraction of sp³-hybridized carbons (Fsp3) is 0.304. The molecule has 0 spiro atoms. The van der Waals surface area contributed by atoms with E-state index >= 15 is 0 Å². The SMILES string of the molecule is O=C1CCc2cc(C(=O)CCN3CC=C(c4ccc(F)cc4)CC3)ccc2N1. The molecular formula is C23H23FN2O2. The van der Waals surface area contributed by atoms with Gasteiger partial charge in [0.1, 0.15) is 5.82 Å². The van der Waals surface area contributed by atoms with Crippen molar-refractivity contribution in [3.8, 4) is 0 Å². The lowest BCUT2D eigenvalue weighted by atomic mass is 9.97. The van der Waals surface area contributed by atoms with Crippen molar-refractivity contribution in [2.45, 2.75) is 25.7 Å². The number of halogens is 1. The number of Topliss-reactive ketones (excluding diaryl/α,β-unsaturated/α-hetero) is 1. The van der Waals surface area contributed by atoms with Crippen molar-refractivity contribution < 1.29 is 14.0 Å². The highest BCUT2D eigenvalue weighted by Crippen LogP contribution is 2.25. The van der Waals surface area contributed by atoms with Crippen LogP contribution in [0.25, 0.3) is 5.57 Å². The zero-order valence-electron chi connectivity index (χ0n) is 15.7. The van der Waals surface area contributed by atoms with Crippen molar-refractivity contribution in [2.75, 3.05) is 25.0 Å².